The Hall–Kier alpha value is -11.6. The highest BCUT2D eigenvalue weighted by atomic mass is 127. The van der Waals surface area contributed by atoms with Gasteiger partial charge in [-0.25, -0.2) is 24.3 Å². The first-order valence-electron chi connectivity index (χ1n) is 42.8. The number of pyridine rings is 3. The molecule has 5 aliphatic heterocycles. The minimum absolute atomic E-state index is 0.0526. The van der Waals surface area contributed by atoms with Crippen molar-refractivity contribution in [1.82, 2.24) is 34.5 Å². The molecule has 0 saturated carbocycles. The summed E-state index contributed by atoms with van der Waals surface area (Å²) in [5.41, 5.74) is 14.4. The number of hydrogen-bond donors (Lipinski definition) is 0. The average molecular weight is 1750 g/mol. The first-order chi connectivity index (χ1) is 59.8. The molecular weight excluding hydrogens is 1640 g/mol. The summed E-state index contributed by atoms with van der Waals surface area (Å²) in [6.45, 7) is 30.8. The number of rotatable bonds is 20. The number of nitrogens with zero attached hydrogens (tertiary/aromatic N) is 11. The molecule has 19 nitrogen and oxygen atoms in total. The predicted octanol–water partition coefficient (Wildman–Crippen LogP) is 19.1. The largest absolute Gasteiger partial charge is 0.495 e. The monoisotopic (exact) mass is 1750 g/mol. The van der Waals surface area contributed by atoms with Crippen molar-refractivity contribution in [1.29, 1.82) is 0 Å². The highest BCUT2D eigenvalue weighted by Gasteiger charge is 2.52. The summed E-state index contributed by atoms with van der Waals surface area (Å²) >= 11 is 2.34. The van der Waals surface area contributed by atoms with E-state index < -0.39 is 11.1 Å². The third kappa shape index (κ3) is 18.4. The molecule has 5 aliphatic rings. The highest BCUT2D eigenvalue weighted by molar-refractivity contribution is 14.1. The second-order valence-electron chi connectivity index (χ2n) is 33.1. The van der Waals surface area contributed by atoms with E-state index in [4.69, 9.17) is 57.9 Å². The van der Waals surface area contributed by atoms with Gasteiger partial charge in [-0.15, -0.1) is 0 Å². The summed E-state index contributed by atoms with van der Waals surface area (Å²) < 4.78 is 52.0. The minimum atomic E-state index is -0.749. The normalized spacial score (nSPS) is 15.7. The van der Waals surface area contributed by atoms with Crippen LogP contribution in [0.5, 0.6) is 17.2 Å². The van der Waals surface area contributed by atoms with E-state index in [1.165, 1.54) is 5.56 Å². The molecule has 0 amide bonds. The van der Waals surface area contributed by atoms with Crippen LogP contribution in [0, 0.1) is 3.70 Å². The van der Waals surface area contributed by atoms with E-state index in [1.807, 2.05) is 70.6 Å². The van der Waals surface area contributed by atoms with Crippen LogP contribution in [-0.2, 0) is 41.1 Å². The van der Waals surface area contributed by atoms with Crippen LogP contribution in [0.1, 0.15) is 119 Å². The molecule has 4 fully saturated rings. The molecule has 10 heterocycles. The van der Waals surface area contributed by atoms with Crippen molar-refractivity contribution < 1.29 is 37.7 Å². The fourth-order valence-electron chi connectivity index (χ4n) is 16.7. The van der Waals surface area contributed by atoms with Gasteiger partial charge >= 0.3 is 7.12 Å². The summed E-state index contributed by atoms with van der Waals surface area (Å²) in [5.74, 6) is 5.46. The van der Waals surface area contributed by atoms with E-state index >= 15 is 0 Å². The van der Waals surface area contributed by atoms with Crippen molar-refractivity contribution in [2.45, 2.75) is 116 Å². The number of aliphatic imine (C=N–C) groups is 1. The van der Waals surface area contributed by atoms with Gasteiger partial charge in [0.25, 0.3) is 0 Å². The SMILES string of the molecule is CC(C)Oc1ccc2c(c1)C(c1ccnc(N3CCOCC3)c1)=NC2.CC(C)Oc1ccc2c(c1)c(-c1ccnc(N3CCOCC3)c1)nn2C(c1ccccc1)(c1ccccc1)c1ccccc1.CC(C)Oc1ccc2c(c1)c(I)nn2C(c1ccccc1)(c1ccccc1)c1ccccc1.CC1(C)OB(c2ccnc(N3CCOCC3)c2)OC1(C)C. The quantitative estimate of drug-likeness (QED) is 0.0401. The molecule has 5 aromatic heterocycles. The van der Waals surface area contributed by atoms with Crippen LogP contribution in [0.25, 0.3) is 33.1 Å². The lowest BCUT2D eigenvalue weighted by molar-refractivity contribution is 0.00578. The van der Waals surface area contributed by atoms with Crippen LogP contribution in [0.15, 0.2) is 297 Å². The summed E-state index contributed by atoms with van der Waals surface area (Å²) in [6.07, 6.45) is 5.91. The van der Waals surface area contributed by atoms with E-state index in [-0.39, 0.29) is 36.6 Å². The molecule has 0 spiro atoms. The Morgan fingerprint density at radius 2 is 0.732 bits per heavy atom. The van der Waals surface area contributed by atoms with Crippen molar-refractivity contribution >= 4 is 80.1 Å². The van der Waals surface area contributed by atoms with Crippen LogP contribution < -0.4 is 34.4 Å². The number of hydrogen-bond acceptors (Lipinski definition) is 17. The lowest BCUT2D eigenvalue weighted by Gasteiger charge is -2.37. The molecule has 0 atom stereocenters. The molecule has 14 aromatic rings. The zero-order valence-corrected chi connectivity index (χ0v) is 73.9. The van der Waals surface area contributed by atoms with E-state index in [1.54, 1.807) is 0 Å². The molecule has 21 heteroatoms. The third-order valence-electron chi connectivity index (χ3n) is 23.2. The molecule has 628 valence electrons. The van der Waals surface area contributed by atoms with Gasteiger partial charge in [0, 0.05) is 85.3 Å². The van der Waals surface area contributed by atoms with Crippen molar-refractivity contribution in [3.8, 4) is 28.5 Å². The van der Waals surface area contributed by atoms with Gasteiger partial charge in [0.1, 0.15) is 55.2 Å². The van der Waals surface area contributed by atoms with Gasteiger partial charge in [0.05, 0.1) is 92.4 Å². The topological polar surface area (TPSA) is 170 Å². The maximum absolute atomic E-state index is 6.21. The zero-order valence-electron chi connectivity index (χ0n) is 71.8. The number of benzene rings is 9. The van der Waals surface area contributed by atoms with Crippen LogP contribution in [0.4, 0.5) is 17.5 Å². The Labute approximate surface area is 736 Å². The summed E-state index contributed by atoms with van der Waals surface area (Å²) in [6, 6.07) is 95.2. The van der Waals surface area contributed by atoms with Crippen molar-refractivity contribution in [3.05, 3.63) is 345 Å². The maximum Gasteiger partial charge on any atom is 0.495 e. The van der Waals surface area contributed by atoms with Crippen LogP contribution in [0.2, 0.25) is 0 Å². The smallest absolute Gasteiger partial charge is 0.491 e. The molecule has 9 aromatic carbocycles. The van der Waals surface area contributed by atoms with Gasteiger partial charge < -0.3 is 52.4 Å². The Kier molecular flexibility index (Phi) is 26.3. The van der Waals surface area contributed by atoms with Gasteiger partial charge in [-0.1, -0.05) is 188 Å². The van der Waals surface area contributed by atoms with Gasteiger partial charge in [0.15, 0.2) is 0 Å². The van der Waals surface area contributed by atoms with Crippen LogP contribution in [-0.4, -0.2) is 156 Å². The molecular formula is C102H107BIN11O8. The third-order valence-corrected chi connectivity index (χ3v) is 24.0. The minimum Gasteiger partial charge on any atom is -0.491 e. The van der Waals surface area contributed by atoms with E-state index in [2.05, 4.69) is 347 Å². The Bertz CT molecular complexity index is 5680. The number of anilines is 3. The van der Waals surface area contributed by atoms with Crippen LogP contribution in [0.3, 0.4) is 0 Å². The molecule has 4 saturated heterocycles. The number of aromatic nitrogens is 7. The second-order valence-corrected chi connectivity index (χ2v) is 34.1. The van der Waals surface area contributed by atoms with Crippen molar-refractivity contribution in [3.63, 3.8) is 0 Å². The van der Waals surface area contributed by atoms with Gasteiger partial charge in [-0.3, -0.25) is 4.99 Å². The van der Waals surface area contributed by atoms with Gasteiger partial charge in [-0.2, -0.15) is 10.2 Å². The van der Waals surface area contributed by atoms with Gasteiger partial charge in [-0.05, 0) is 221 Å². The van der Waals surface area contributed by atoms with Crippen LogP contribution >= 0.6 is 22.6 Å². The van der Waals surface area contributed by atoms with E-state index in [9.17, 15) is 0 Å². The fourth-order valence-corrected chi connectivity index (χ4v) is 17.4. The Balaban J connectivity index is 0.000000126. The molecule has 0 unspecified atom stereocenters. The number of halogens is 1. The average Bonchev–Trinajstić information content (AvgIpc) is 1.63. The molecule has 0 aliphatic carbocycles. The van der Waals surface area contributed by atoms with Crippen molar-refractivity contribution in [2.24, 2.45) is 4.99 Å². The molecule has 19 rings (SSSR count). The van der Waals surface area contributed by atoms with E-state index in [0.29, 0.717) is 13.2 Å². The van der Waals surface area contributed by atoms with Gasteiger partial charge in [0.2, 0.25) is 0 Å². The lowest BCUT2D eigenvalue weighted by atomic mass is 9.77. The Morgan fingerprint density at radius 3 is 1.15 bits per heavy atom. The summed E-state index contributed by atoms with van der Waals surface area (Å²) in [5, 5.41) is 12.8. The lowest BCUT2D eigenvalue weighted by Crippen LogP contribution is -2.41. The fraction of sp³-hybridized carbons (Fsp3) is 0.294. The van der Waals surface area contributed by atoms with E-state index in [0.717, 1.165) is 199 Å². The maximum atomic E-state index is 6.21. The standard InChI is InChI=1S/C38H36N4O2.C29H25IN2O.C20H23N3O2.C15H23BN2O3/c1-28(2)44-33-18-19-35-34(27-33)37(29-20-21-39-36(26-29)41-22-24-43-25-23-41)40-42(35)38(30-12-6-3-7-13-30,31-14-8-4-9-15-31)32-16-10-5-11-17-32;1-21(2)33-25-18-19-27-26(20-25)28(30)31-32(27)29(22-12-6-3-7-13-22,23-14-8-4-9-15-23)24-16-10-5-11-17-24;1-14(2)25-17-4-3-16-13-22-20(18(16)12-17)15-5-6-21-19(11-15)23-7-9-24-10-8-23;1-14(2)15(3,4)21-16(20-14)12-5-6-17-13(11-12)18-7-9-19-10-8-18/h3-21,26-28H,22-25H2,1-2H3;3-21H,1-2H3;3-6,11-12,14H,7-10,13H2,1-2H3;5-6,11H,7-10H2,1-4H3. The number of ether oxygens (including phenoxy) is 6. The first-order valence-corrected chi connectivity index (χ1v) is 43.9. The highest BCUT2D eigenvalue weighted by Crippen LogP contribution is 2.47. The molecule has 123 heavy (non-hydrogen) atoms. The number of fused-ring (bicyclic) bond motifs is 3. The first kappa shape index (κ1) is 85.0. The predicted molar refractivity (Wildman–Crippen MR) is 501 cm³/mol. The Morgan fingerprint density at radius 1 is 0.382 bits per heavy atom. The molecule has 0 bridgehead atoms. The summed E-state index contributed by atoms with van der Waals surface area (Å²) in [4.78, 5) is 25.3. The zero-order chi connectivity index (χ0) is 85.1. The molecule has 0 radical (unpaired) electrons. The number of morpholine rings is 3. The molecule has 0 N–H and O–H groups in total. The summed E-state index contributed by atoms with van der Waals surface area (Å²) in [7, 11) is -0.335. The van der Waals surface area contributed by atoms with Crippen molar-refractivity contribution in [2.75, 3.05) is 93.6 Å². The second kappa shape index (κ2) is 38.1.